The number of carbonyl (C=O) groups excluding carboxylic acids is 1. The van der Waals surface area contributed by atoms with Gasteiger partial charge < -0.3 is 20.3 Å². The number of amides is 1. The summed E-state index contributed by atoms with van der Waals surface area (Å²) in [4.78, 5) is 25.6. The molecule has 1 amide bonds. The standard InChI is InChI=1S/C21H36N6O2/c1-2-7-22-19-16-20(25-17-24-19)27-9-5-18(6-10-27)3-4-21(28)23-8-11-26-12-14-29-15-13-26/h16-18H,2-15H2,1H3,(H,23,28)(H,22,24,25). The van der Waals surface area contributed by atoms with Crippen LogP contribution in [0.15, 0.2) is 12.4 Å². The van der Waals surface area contributed by atoms with Gasteiger partial charge in [0.2, 0.25) is 5.91 Å². The quantitative estimate of drug-likeness (QED) is 0.615. The van der Waals surface area contributed by atoms with Gasteiger partial charge in [-0.05, 0) is 31.6 Å². The normalized spacial score (nSPS) is 18.6. The molecule has 3 heterocycles. The maximum Gasteiger partial charge on any atom is 0.220 e. The van der Waals surface area contributed by atoms with Crippen molar-refractivity contribution < 1.29 is 9.53 Å². The van der Waals surface area contributed by atoms with Crippen LogP contribution in [-0.4, -0.2) is 79.8 Å². The van der Waals surface area contributed by atoms with Gasteiger partial charge in [0.1, 0.15) is 18.0 Å². The third-order valence-electron chi connectivity index (χ3n) is 5.78. The van der Waals surface area contributed by atoms with Crippen molar-refractivity contribution >= 4 is 17.5 Å². The molecular weight excluding hydrogens is 368 g/mol. The second kappa shape index (κ2) is 11.9. The molecule has 2 aliphatic rings. The lowest BCUT2D eigenvalue weighted by Crippen LogP contribution is -2.41. The maximum absolute atomic E-state index is 12.1. The van der Waals surface area contributed by atoms with E-state index in [1.54, 1.807) is 6.33 Å². The highest BCUT2D eigenvalue weighted by atomic mass is 16.5. The van der Waals surface area contributed by atoms with E-state index in [1.807, 2.05) is 6.07 Å². The zero-order valence-electron chi connectivity index (χ0n) is 17.7. The van der Waals surface area contributed by atoms with Crippen molar-refractivity contribution in [3.05, 3.63) is 12.4 Å². The molecule has 0 saturated carbocycles. The summed E-state index contributed by atoms with van der Waals surface area (Å²) >= 11 is 0. The van der Waals surface area contributed by atoms with E-state index >= 15 is 0 Å². The number of morpholine rings is 1. The molecule has 2 fully saturated rings. The minimum Gasteiger partial charge on any atom is -0.379 e. The zero-order chi connectivity index (χ0) is 20.3. The first-order valence-corrected chi connectivity index (χ1v) is 11.1. The van der Waals surface area contributed by atoms with E-state index in [9.17, 15) is 4.79 Å². The Morgan fingerprint density at radius 2 is 1.97 bits per heavy atom. The molecule has 0 unspecified atom stereocenters. The maximum atomic E-state index is 12.1. The van der Waals surface area contributed by atoms with Gasteiger partial charge in [-0.15, -0.1) is 0 Å². The van der Waals surface area contributed by atoms with Crippen LogP contribution in [-0.2, 0) is 9.53 Å². The molecule has 0 aliphatic carbocycles. The summed E-state index contributed by atoms with van der Waals surface area (Å²) in [7, 11) is 0. The first-order valence-electron chi connectivity index (χ1n) is 11.1. The molecule has 3 rings (SSSR count). The third kappa shape index (κ3) is 7.44. The van der Waals surface area contributed by atoms with Crippen LogP contribution in [0.25, 0.3) is 0 Å². The third-order valence-corrected chi connectivity index (χ3v) is 5.78. The molecule has 0 radical (unpaired) electrons. The van der Waals surface area contributed by atoms with E-state index in [2.05, 4.69) is 37.3 Å². The fourth-order valence-corrected chi connectivity index (χ4v) is 3.92. The summed E-state index contributed by atoms with van der Waals surface area (Å²) < 4.78 is 5.35. The minimum absolute atomic E-state index is 0.183. The molecular formula is C21H36N6O2. The lowest BCUT2D eigenvalue weighted by molar-refractivity contribution is -0.121. The van der Waals surface area contributed by atoms with Gasteiger partial charge >= 0.3 is 0 Å². The lowest BCUT2D eigenvalue weighted by Gasteiger charge is -2.32. The number of ether oxygens (including phenoxy) is 1. The Labute approximate surface area is 174 Å². The van der Waals surface area contributed by atoms with Crippen LogP contribution in [0.2, 0.25) is 0 Å². The molecule has 1 aromatic rings. The van der Waals surface area contributed by atoms with Crippen LogP contribution in [0, 0.1) is 5.92 Å². The fourth-order valence-electron chi connectivity index (χ4n) is 3.92. The highest BCUT2D eigenvalue weighted by molar-refractivity contribution is 5.75. The van der Waals surface area contributed by atoms with Crippen LogP contribution in [0.3, 0.4) is 0 Å². The molecule has 8 nitrogen and oxygen atoms in total. The molecule has 0 aromatic carbocycles. The number of anilines is 2. The Kier molecular flexibility index (Phi) is 8.95. The van der Waals surface area contributed by atoms with Crippen LogP contribution in [0.4, 0.5) is 11.6 Å². The lowest BCUT2D eigenvalue weighted by atomic mass is 9.92. The topological polar surface area (TPSA) is 82.6 Å². The van der Waals surface area contributed by atoms with Gasteiger partial charge in [-0.1, -0.05) is 6.92 Å². The van der Waals surface area contributed by atoms with Crippen molar-refractivity contribution in [1.29, 1.82) is 0 Å². The first kappa shape index (κ1) is 21.8. The van der Waals surface area contributed by atoms with Crippen LogP contribution < -0.4 is 15.5 Å². The highest BCUT2D eigenvalue weighted by Gasteiger charge is 2.21. The molecule has 1 aromatic heterocycles. The minimum atomic E-state index is 0.183. The van der Waals surface area contributed by atoms with E-state index in [0.717, 1.165) is 96.3 Å². The Morgan fingerprint density at radius 1 is 1.17 bits per heavy atom. The summed E-state index contributed by atoms with van der Waals surface area (Å²) in [6, 6.07) is 2.04. The average Bonchev–Trinajstić information content (AvgIpc) is 2.77. The van der Waals surface area contributed by atoms with Gasteiger partial charge in [0.15, 0.2) is 0 Å². The second-order valence-corrected chi connectivity index (χ2v) is 7.96. The number of aromatic nitrogens is 2. The number of rotatable bonds is 10. The summed E-state index contributed by atoms with van der Waals surface area (Å²) in [5.41, 5.74) is 0. The van der Waals surface area contributed by atoms with Crippen LogP contribution >= 0.6 is 0 Å². The van der Waals surface area contributed by atoms with Gasteiger partial charge in [-0.2, -0.15) is 0 Å². The van der Waals surface area contributed by atoms with E-state index in [0.29, 0.717) is 12.3 Å². The Balaban J connectivity index is 1.31. The smallest absolute Gasteiger partial charge is 0.220 e. The van der Waals surface area contributed by atoms with Crippen molar-refractivity contribution in [2.24, 2.45) is 5.92 Å². The zero-order valence-corrected chi connectivity index (χ0v) is 17.7. The number of piperidine rings is 1. The summed E-state index contributed by atoms with van der Waals surface area (Å²) in [5, 5.41) is 6.39. The van der Waals surface area contributed by atoms with E-state index in [1.165, 1.54) is 0 Å². The van der Waals surface area contributed by atoms with Crippen molar-refractivity contribution in [3.63, 3.8) is 0 Å². The molecule has 2 saturated heterocycles. The van der Waals surface area contributed by atoms with Gasteiger partial charge in [0.05, 0.1) is 13.2 Å². The predicted octanol–water partition coefficient (Wildman–Crippen LogP) is 1.74. The largest absolute Gasteiger partial charge is 0.379 e. The number of hydrogen-bond donors (Lipinski definition) is 2. The second-order valence-electron chi connectivity index (χ2n) is 7.96. The molecule has 8 heteroatoms. The monoisotopic (exact) mass is 404 g/mol. The van der Waals surface area contributed by atoms with Crippen LogP contribution in [0.5, 0.6) is 0 Å². The molecule has 0 atom stereocenters. The van der Waals surface area contributed by atoms with Gasteiger partial charge in [0, 0.05) is 58.3 Å². The summed E-state index contributed by atoms with van der Waals surface area (Å²) in [5.74, 6) is 2.70. The number of hydrogen-bond acceptors (Lipinski definition) is 7. The van der Waals surface area contributed by atoms with Gasteiger partial charge in [0.25, 0.3) is 0 Å². The summed E-state index contributed by atoms with van der Waals surface area (Å²) in [6.07, 6.45) is 6.55. The van der Waals surface area contributed by atoms with Gasteiger partial charge in [-0.25, -0.2) is 9.97 Å². The Bertz CT molecular complexity index is 615. The molecule has 162 valence electrons. The van der Waals surface area contributed by atoms with Crippen LogP contribution in [0.1, 0.15) is 39.0 Å². The number of nitrogens with one attached hydrogen (secondary N) is 2. The van der Waals surface area contributed by atoms with Crippen molar-refractivity contribution in [2.75, 3.05) is 69.2 Å². The van der Waals surface area contributed by atoms with Crippen molar-refractivity contribution in [1.82, 2.24) is 20.2 Å². The van der Waals surface area contributed by atoms with Crippen molar-refractivity contribution in [3.8, 4) is 0 Å². The molecule has 0 spiro atoms. The Hall–Kier alpha value is -1.93. The number of carbonyl (C=O) groups is 1. The first-order chi connectivity index (χ1) is 14.2. The average molecular weight is 405 g/mol. The molecule has 2 N–H and O–H groups in total. The van der Waals surface area contributed by atoms with E-state index in [-0.39, 0.29) is 5.91 Å². The Morgan fingerprint density at radius 3 is 2.72 bits per heavy atom. The SMILES string of the molecule is CCCNc1cc(N2CCC(CCC(=O)NCCN3CCOCC3)CC2)ncn1. The number of nitrogens with zero attached hydrogens (tertiary/aromatic N) is 4. The van der Waals surface area contributed by atoms with Crippen molar-refractivity contribution in [2.45, 2.75) is 39.0 Å². The highest BCUT2D eigenvalue weighted by Crippen LogP contribution is 2.25. The molecule has 0 bridgehead atoms. The summed E-state index contributed by atoms with van der Waals surface area (Å²) in [6.45, 7) is 10.3. The predicted molar refractivity (Wildman–Crippen MR) is 115 cm³/mol. The fraction of sp³-hybridized carbons (Fsp3) is 0.762. The molecule has 2 aliphatic heterocycles. The van der Waals surface area contributed by atoms with Gasteiger partial charge in [-0.3, -0.25) is 9.69 Å². The van der Waals surface area contributed by atoms with E-state index in [4.69, 9.17) is 4.74 Å². The molecule has 29 heavy (non-hydrogen) atoms. The van der Waals surface area contributed by atoms with E-state index < -0.39 is 0 Å².